The van der Waals surface area contributed by atoms with Crippen LogP contribution in [0.4, 0.5) is 5.69 Å². The van der Waals surface area contributed by atoms with E-state index in [0.29, 0.717) is 6.04 Å². The fourth-order valence-corrected chi connectivity index (χ4v) is 4.06. The molecule has 19 heavy (non-hydrogen) atoms. The molecule has 0 amide bonds. The molecule has 1 aromatic carbocycles. The number of aryl methyl sites for hydroxylation is 1. The summed E-state index contributed by atoms with van der Waals surface area (Å²) >= 11 is 1.86. The molecule has 1 heterocycles. The van der Waals surface area contributed by atoms with Crippen molar-refractivity contribution in [2.75, 3.05) is 18.2 Å². The highest BCUT2D eigenvalue weighted by molar-refractivity contribution is 8.14. The van der Waals surface area contributed by atoms with E-state index in [1.54, 1.807) is 7.11 Å². The minimum Gasteiger partial charge on any atom is -0.496 e. The highest BCUT2D eigenvalue weighted by Crippen LogP contribution is 2.35. The van der Waals surface area contributed by atoms with Gasteiger partial charge in [0.15, 0.2) is 5.17 Å². The molecule has 4 heteroatoms. The summed E-state index contributed by atoms with van der Waals surface area (Å²) in [6.07, 6.45) is 3.96. The van der Waals surface area contributed by atoms with E-state index in [4.69, 9.17) is 9.73 Å². The number of nitrogens with zero attached hydrogens (tertiary/aromatic N) is 1. The van der Waals surface area contributed by atoms with Gasteiger partial charge in [0, 0.05) is 11.4 Å². The number of fused-ring (bicyclic) bond motifs is 1. The maximum absolute atomic E-state index is 5.28. The number of ether oxygens (including phenoxy) is 1. The second-order valence-corrected chi connectivity index (χ2v) is 6.32. The van der Waals surface area contributed by atoms with Crippen LogP contribution in [0.5, 0.6) is 5.75 Å². The van der Waals surface area contributed by atoms with Crippen LogP contribution < -0.4 is 10.1 Å². The van der Waals surface area contributed by atoms with E-state index in [2.05, 4.69) is 24.4 Å². The molecule has 1 N–H and O–H groups in total. The summed E-state index contributed by atoms with van der Waals surface area (Å²) in [4.78, 5) is 4.85. The van der Waals surface area contributed by atoms with Crippen molar-refractivity contribution in [2.24, 2.45) is 10.9 Å². The number of amidine groups is 1. The van der Waals surface area contributed by atoms with Crippen LogP contribution in [0.25, 0.3) is 0 Å². The topological polar surface area (TPSA) is 33.6 Å². The third-order valence-corrected chi connectivity index (χ3v) is 5.06. The van der Waals surface area contributed by atoms with Crippen molar-refractivity contribution in [2.45, 2.75) is 32.2 Å². The average Bonchev–Trinajstić information content (AvgIpc) is 2.86. The van der Waals surface area contributed by atoms with Gasteiger partial charge in [-0.05, 0) is 49.4 Å². The summed E-state index contributed by atoms with van der Waals surface area (Å²) in [6.45, 7) is 2.06. The molecule has 0 spiro atoms. The van der Waals surface area contributed by atoms with Gasteiger partial charge in [0.25, 0.3) is 0 Å². The van der Waals surface area contributed by atoms with Crippen LogP contribution in [0, 0.1) is 12.8 Å². The normalized spacial score (nSPS) is 25.7. The first kappa shape index (κ1) is 12.9. The fraction of sp³-hybridized carbons (Fsp3) is 0.533. The van der Waals surface area contributed by atoms with Gasteiger partial charge in [-0.3, -0.25) is 4.99 Å². The van der Waals surface area contributed by atoms with Crippen molar-refractivity contribution < 1.29 is 4.74 Å². The van der Waals surface area contributed by atoms with E-state index >= 15 is 0 Å². The summed E-state index contributed by atoms with van der Waals surface area (Å²) in [6, 6.07) is 6.73. The SMILES string of the molecule is COc1ccc(NC2=NC3CCCC3CS2)cc1C. The molecular weight excluding hydrogens is 256 g/mol. The first-order chi connectivity index (χ1) is 9.26. The first-order valence-electron chi connectivity index (χ1n) is 6.88. The van der Waals surface area contributed by atoms with E-state index < -0.39 is 0 Å². The first-order valence-corrected chi connectivity index (χ1v) is 7.87. The predicted octanol–water partition coefficient (Wildman–Crippen LogP) is 3.69. The molecule has 3 rings (SSSR count). The average molecular weight is 276 g/mol. The molecule has 1 aliphatic heterocycles. The molecular formula is C15H20N2OS. The molecule has 2 aliphatic rings. The summed E-state index contributed by atoms with van der Waals surface area (Å²) < 4.78 is 5.28. The van der Waals surface area contributed by atoms with E-state index in [1.165, 1.54) is 25.0 Å². The number of anilines is 1. The Kier molecular flexibility index (Phi) is 3.69. The second-order valence-electron chi connectivity index (χ2n) is 5.31. The van der Waals surface area contributed by atoms with Gasteiger partial charge in [-0.1, -0.05) is 18.2 Å². The molecule has 1 aromatic rings. The Morgan fingerprint density at radius 2 is 2.26 bits per heavy atom. The highest BCUT2D eigenvalue weighted by atomic mass is 32.2. The third-order valence-electron chi connectivity index (χ3n) is 3.98. The Bertz CT molecular complexity index is 501. The second kappa shape index (κ2) is 5.45. The zero-order valence-electron chi connectivity index (χ0n) is 11.5. The quantitative estimate of drug-likeness (QED) is 0.894. The van der Waals surface area contributed by atoms with Crippen LogP contribution in [-0.4, -0.2) is 24.1 Å². The van der Waals surface area contributed by atoms with Crippen molar-refractivity contribution in [3.8, 4) is 5.75 Å². The molecule has 102 valence electrons. The number of benzene rings is 1. The van der Waals surface area contributed by atoms with Crippen molar-refractivity contribution in [1.82, 2.24) is 0 Å². The molecule has 2 unspecified atom stereocenters. The number of aliphatic imine (C=N–C) groups is 1. The van der Waals surface area contributed by atoms with Gasteiger partial charge in [0.1, 0.15) is 5.75 Å². The van der Waals surface area contributed by atoms with Crippen LogP contribution in [0.15, 0.2) is 23.2 Å². The number of methoxy groups -OCH3 is 1. The van der Waals surface area contributed by atoms with Gasteiger partial charge >= 0.3 is 0 Å². The molecule has 0 radical (unpaired) electrons. The van der Waals surface area contributed by atoms with E-state index in [0.717, 1.165) is 28.1 Å². The summed E-state index contributed by atoms with van der Waals surface area (Å²) in [7, 11) is 1.71. The Morgan fingerprint density at radius 1 is 1.37 bits per heavy atom. The zero-order chi connectivity index (χ0) is 13.2. The van der Waals surface area contributed by atoms with Crippen LogP contribution in [0.2, 0.25) is 0 Å². The monoisotopic (exact) mass is 276 g/mol. The van der Waals surface area contributed by atoms with Crippen LogP contribution in [-0.2, 0) is 0 Å². The van der Waals surface area contributed by atoms with Gasteiger partial charge in [0.05, 0.1) is 13.2 Å². The van der Waals surface area contributed by atoms with Crippen LogP contribution in [0.1, 0.15) is 24.8 Å². The van der Waals surface area contributed by atoms with Gasteiger partial charge < -0.3 is 10.1 Å². The molecule has 1 fully saturated rings. The minimum absolute atomic E-state index is 0.558. The standard InChI is InChI=1S/C15H20N2OS/c1-10-8-12(6-7-14(10)18-2)16-15-17-13-5-3-4-11(13)9-19-15/h6-8,11,13H,3-5,9H2,1-2H3,(H,16,17). The van der Waals surface area contributed by atoms with Crippen molar-refractivity contribution in [1.29, 1.82) is 0 Å². The van der Waals surface area contributed by atoms with Crippen molar-refractivity contribution in [3.05, 3.63) is 23.8 Å². The molecule has 2 atom stereocenters. The Morgan fingerprint density at radius 3 is 3.05 bits per heavy atom. The van der Waals surface area contributed by atoms with Crippen LogP contribution in [0.3, 0.4) is 0 Å². The number of thioether (sulfide) groups is 1. The number of hydrogen-bond acceptors (Lipinski definition) is 4. The Labute approximate surface area is 118 Å². The minimum atomic E-state index is 0.558. The lowest BCUT2D eigenvalue weighted by Crippen LogP contribution is -2.25. The predicted molar refractivity (Wildman–Crippen MR) is 82.4 cm³/mol. The summed E-state index contributed by atoms with van der Waals surface area (Å²) in [5.74, 6) is 2.96. The highest BCUT2D eigenvalue weighted by Gasteiger charge is 2.30. The Hall–Kier alpha value is -1.16. The van der Waals surface area contributed by atoms with Crippen molar-refractivity contribution in [3.63, 3.8) is 0 Å². The lowest BCUT2D eigenvalue weighted by molar-refractivity contribution is 0.412. The lowest BCUT2D eigenvalue weighted by Gasteiger charge is -2.23. The van der Waals surface area contributed by atoms with Gasteiger partial charge in [-0.25, -0.2) is 0 Å². The van der Waals surface area contributed by atoms with Gasteiger partial charge in [-0.2, -0.15) is 0 Å². The van der Waals surface area contributed by atoms with Crippen LogP contribution >= 0.6 is 11.8 Å². The smallest absolute Gasteiger partial charge is 0.161 e. The molecule has 0 bridgehead atoms. The molecule has 0 aromatic heterocycles. The lowest BCUT2D eigenvalue weighted by atomic mass is 10.1. The maximum atomic E-state index is 5.28. The molecule has 3 nitrogen and oxygen atoms in total. The fourth-order valence-electron chi connectivity index (χ4n) is 2.90. The van der Waals surface area contributed by atoms with Crippen molar-refractivity contribution >= 4 is 22.6 Å². The Balaban J connectivity index is 1.73. The zero-order valence-corrected chi connectivity index (χ0v) is 12.3. The maximum Gasteiger partial charge on any atom is 0.161 e. The van der Waals surface area contributed by atoms with E-state index in [1.807, 2.05) is 17.8 Å². The largest absolute Gasteiger partial charge is 0.496 e. The number of hydrogen-bond donors (Lipinski definition) is 1. The number of nitrogens with one attached hydrogen (secondary N) is 1. The van der Waals surface area contributed by atoms with Gasteiger partial charge in [0.2, 0.25) is 0 Å². The number of rotatable bonds is 2. The molecule has 1 aliphatic carbocycles. The summed E-state index contributed by atoms with van der Waals surface area (Å²) in [5.41, 5.74) is 2.24. The summed E-state index contributed by atoms with van der Waals surface area (Å²) in [5, 5.41) is 4.52. The molecule has 1 saturated carbocycles. The third kappa shape index (κ3) is 2.73. The van der Waals surface area contributed by atoms with E-state index in [-0.39, 0.29) is 0 Å². The molecule has 0 saturated heterocycles. The van der Waals surface area contributed by atoms with E-state index in [9.17, 15) is 0 Å². The van der Waals surface area contributed by atoms with Gasteiger partial charge in [-0.15, -0.1) is 0 Å².